The fourth-order valence-electron chi connectivity index (χ4n) is 6.41. The maximum Gasteiger partial charge on any atom is 0.416 e. The summed E-state index contributed by atoms with van der Waals surface area (Å²) < 4.78 is 39.3. The molecule has 2 atom stereocenters. The molecule has 6 rings (SSSR count). The lowest BCUT2D eigenvalue weighted by molar-refractivity contribution is -0.150. The van der Waals surface area contributed by atoms with Crippen molar-refractivity contribution < 1.29 is 27.6 Å². The second-order valence-electron chi connectivity index (χ2n) is 11.8. The topological polar surface area (TPSA) is 91.4 Å². The number of piperidine rings is 1. The van der Waals surface area contributed by atoms with E-state index in [0.717, 1.165) is 28.8 Å². The second-order valence-corrected chi connectivity index (χ2v) is 11.8. The molecule has 2 aromatic carbocycles. The van der Waals surface area contributed by atoms with Gasteiger partial charge < -0.3 is 15.5 Å². The van der Waals surface area contributed by atoms with E-state index in [-0.39, 0.29) is 18.4 Å². The average molecular weight is 563 g/mol. The summed E-state index contributed by atoms with van der Waals surface area (Å²) in [5, 5.41) is 5.77. The fourth-order valence-corrected chi connectivity index (χ4v) is 6.41. The number of anilines is 2. The molecule has 1 fully saturated rings. The first-order chi connectivity index (χ1) is 19.4. The van der Waals surface area contributed by atoms with Gasteiger partial charge in [0.1, 0.15) is 12.4 Å². The van der Waals surface area contributed by atoms with E-state index in [2.05, 4.69) is 15.6 Å². The Labute approximate surface area is 235 Å². The molecule has 3 heterocycles. The number of likely N-dealkylation sites (tertiary alicyclic amines) is 1. The van der Waals surface area contributed by atoms with Crippen LogP contribution in [0.2, 0.25) is 0 Å². The summed E-state index contributed by atoms with van der Waals surface area (Å²) in [6.07, 6.45) is -0.728. The van der Waals surface area contributed by atoms with Gasteiger partial charge in [-0.3, -0.25) is 14.4 Å². The Morgan fingerprint density at radius 2 is 1.80 bits per heavy atom. The highest BCUT2D eigenvalue weighted by Gasteiger charge is 2.51. The van der Waals surface area contributed by atoms with Gasteiger partial charge >= 0.3 is 6.18 Å². The minimum Gasteiger partial charge on any atom is -0.326 e. The van der Waals surface area contributed by atoms with Crippen molar-refractivity contribution in [3.05, 3.63) is 88.6 Å². The molecule has 10 heteroatoms. The van der Waals surface area contributed by atoms with Crippen molar-refractivity contribution in [2.75, 3.05) is 17.2 Å². The van der Waals surface area contributed by atoms with Gasteiger partial charge in [0.05, 0.1) is 17.0 Å². The van der Waals surface area contributed by atoms with Crippen molar-refractivity contribution in [2.45, 2.75) is 57.2 Å². The maximum atomic E-state index is 13.4. The summed E-state index contributed by atoms with van der Waals surface area (Å²) >= 11 is 0. The molecule has 1 spiro atoms. The third-order valence-electron chi connectivity index (χ3n) is 8.66. The van der Waals surface area contributed by atoms with E-state index >= 15 is 0 Å². The maximum absolute atomic E-state index is 13.4. The average Bonchev–Trinajstić information content (AvgIpc) is 3.43. The summed E-state index contributed by atoms with van der Waals surface area (Å²) in [5.41, 5.74) is 1.76. The largest absolute Gasteiger partial charge is 0.416 e. The molecular weight excluding hydrogens is 533 g/mol. The van der Waals surface area contributed by atoms with Crippen molar-refractivity contribution in [1.29, 1.82) is 0 Å². The van der Waals surface area contributed by atoms with Gasteiger partial charge in [-0.2, -0.15) is 13.2 Å². The first-order valence-electron chi connectivity index (χ1n) is 13.5. The number of nitrogens with zero attached hydrogens (tertiary/aromatic N) is 2. The zero-order chi connectivity index (χ0) is 29.2. The van der Waals surface area contributed by atoms with Crippen LogP contribution < -0.4 is 10.6 Å². The van der Waals surface area contributed by atoms with Crippen LogP contribution in [0.5, 0.6) is 0 Å². The Bertz CT molecular complexity index is 1570. The highest BCUT2D eigenvalue weighted by molar-refractivity contribution is 6.06. The van der Waals surface area contributed by atoms with Crippen LogP contribution in [-0.2, 0) is 38.8 Å². The highest BCUT2D eigenvalue weighted by Crippen LogP contribution is 2.47. The minimum absolute atomic E-state index is 0.0893. The molecule has 212 valence electrons. The van der Waals surface area contributed by atoms with Crippen LogP contribution in [0.25, 0.3) is 0 Å². The molecule has 2 N–H and O–H groups in total. The molecule has 0 bridgehead atoms. The predicted molar refractivity (Wildman–Crippen MR) is 146 cm³/mol. The molecule has 7 nitrogen and oxygen atoms in total. The molecule has 1 aliphatic carbocycles. The number of rotatable bonds is 4. The zero-order valence-corrected chi connectivity index (χ0v) is 22.6. The van der Waals surface area contributed by atoms with Crippen molar-refractivity contribution in [1.82, 2.24) is 9.88 Å². The fraction of sp³-hybridized carbons (Fsp3) is 0.355. The molecule has 0 saturated carbocycles. The van der Waals surface area contributed by atoms with Gasteiger partial charge in [0.15, 0.2) is 0 Å². The SMILES string of the molecule is CC1(C)CC[C@@H](c2ccc(C(F)(F)F)cc2)N(CC(=O)Nc2ccc3c(c2)CC2(C3)C(=O)Nc3ncccc32)C1=O. The summed E-state index contributed by atoms with van der Waals surface area (Å²) in [7, 11) is 0. The van der Waals surface area contributed by atoms with E-state index in [1.165, 1.54) is 17.0 Å². The smallest absolute Gasteiger partial charge is 0.326 e. The Kier molecular flexibility index (Phi) is 6.20. The van der Waals surface area contributed by atoms with Crippen molar-refractivity contribution in [3.8, 4) is 0 Å². The van der Waals surface area contributed by atoms with E-state index in [9.17, 15) is 27.6 Å². The van der Waals surface area contributed by atoms with Crippen molar-refractivity contribution in [2.24, 2.45) is 5.41 Å². The summed E-state index contributed by atoms with van der Waals surface area (Å²) in [4.78, 5) is 45.4. The van der Waals surface area contributed by atoms with Gasteiger partial charge in [0, 0.05) is 22.9 Å². The minimum atomic E-state index is -4.46. The number of carbonyl (C=O) groups excluding carboxylic acids is 3. The number of amides is 3. The summed E-state index contributed by atoms with van der Waals surface area (Å²) in [5.74, 6) is -0.142. The van der Waals surface area contributed by atoms with Crippen LogP contribution in [0.4, 0.5) is 24.7 Å². The number of hydrogen-bond acceptors (Lipinski definition) is 4. The van der Waals surface area contributed by atoms with E-state index in [0.29, 0.717) is 42.8 Å². The van der Waals surface area contributed by atoms with Crippen LogP contribution in [-0.4, -0.2) is 34.2 Å². The van der Waals surface area contributed by atoms with E-state index < -0.39 is 34.5 Å². The normalized spacial score (nSPS) is 22.9. The molecule has 3 amide bonds. The predicted octanol–water partition coefficient (Wildman–Crippen LogP) is 5.42. The van der Waals surface area contributed by atoms with Crippen molar-refractivity contribution in [3.63, 3.8) is 0 Å². The molecule has 0 radical (unpaired) electrons. The molecule has 41 heavy (non-hydrogen) atoms. The van der Waals surface area contributed by atoms with E-state index in [1.54, 1.807) is 12.3 Å². The Morgan fingerprint density at radius 1 is 1.07 bits per heavy atom. The number of pyridine rings is 1. The molecule has 2 aliphatic heterocycles. The number of halogens is 3. The van der Waals surface area contributed by atoms with Gasteiger partial charge in [-0.15, -0.1) is 0 Å². The monoisotopic (exact) mass is 562 g/mol. The first-order valence-corrected chi connectivity index (χ1v) is 13.5. The lowest BCUT2D eigenvalue weighted by Crippen LogP contribution is -2.50. The molecule has 1 unspecified atom stereocenters. The highest BCUT2D eigenvalue weighted by atomic mass is 19.4. The quantitative estimate of drug-likeness (QED) is 0.445. The van der Waals surface area contributed by atoms with E-state index in [4.69, 9.17) is 0 Å². The van der Waals surface area contributed by atoms with Crippen LogP contribution in [0, 0.1) is 5.41 Å². The van der Waals surface area contributed by atoms with Crippen molar-refractivity contribution >= 4 is 29.2 Å². The molecule has 1 saturated heterocycles. The number of fused-ring (bicyclic) bond motifs is 3. The summed E-state index contributed by atoms with van der Waals surface area (Å²) in [6.45, 7) is 3.38. The van der Waals surface area contributed by atoms with Gasteiger partial charge in [-0.1, -0.05) is 38.1 Å². The third kappa shape index (κ3) is 4.65. The van der Waals surface area contributed by atoms with Gasteiger partial charge in [-0.05, 0) is 72.7 Å². The van der Waals surface area contributed by atoms with Crippen LogP contribution in [0.3, 0.4) is 0 Å². The van der Waals surface area contributed by atoms with Gasteiger partial charge in [0.2, 0.25) is 17.7 Å². The molecule has 1 aromatic heterocycles. The molecule has 3 aliphatic rings. The van der Waals surface area contributed by atoms with Gasteiger partial charge in [0.25, 0.3) is 0 Å². The number of benzene rings is 2. The van der Waals surface area contributed by atoms with Crippen LogP contribution in [0.1, 0.15) is 60.5 Å². The van der Waals surface area contributed by atoms with Gasteiger partial charge in [-0.25, -0.2) is 4.98 Å². The van der Waals surface area contributed by atoms with Crippen LogP contribution >= 0.6 is 0 Å². The number of carbonyl (C=O) groups is 3. The Balaban J connectivity index is 1.20. The lowest BCUT2D eigenvalue weighted by atomic mass is 9.78. The number of alkyl halides is 3. The molecule has 3 aromatic rings. The lowest BCUT2D eigenvalue weighted by Gasteiger charge is -2.43. The third-order valence-corrected chi connectivity index (χ3v) is 8.66. The first kappa shape index (κ1) is 27.0. The second kappa shape index (κ2) is 9.43. The summed E-state index contributed by atoms with van der Waals surface area (Å²) in [6, 6.07) is 13.5. The van der Waals surface area contributed by atoms with Crippen LogP contribution in [0.15, 0.2) is 60.8 Å². The standard InChI is InChI=1S/C31H29F3N4O3/c1-29(2)12-11-24(18-5-8-21(9-6-18)31(32,33)34)38(28(29)41)17-25(39)36-22-10-7-19-15-30(16-20(19)14-22)23-4-3-13-35-26(23)37-27(30)40/h3-10,13-14,24H,11-12,15-17H2,1-2H3,(H,36,39)(H,35,37,40)/t24-,30?/m0/s1. The Hall–Kier alpha value is -4.21. The number of hydrogen-bond donors (Lipinski definition) is 2. The number of aromatic nitrogens is 1. The van der Waals surface area contributed by atoms with E-state index in [1.807, 2.05) is 38.1 Å². The zero-order valence-electron chi connectivity index (χ0n) is 22.6. The number of nitrogens with one attached hydrogen (secondary N) is 2. The Morgan fingerprint density at radius 3 is 2.54 bits per heavy atom. The molecular formula is C31H29F3N4O3.